The molecule has 1 aliphatic rings. The van der Waals surface area contributed by atoms with E-state index in [1.54, 1.807) is 12.4 Å². The number of fused-ring (bicyclic) bond motifs is 1. The molecule has 0 aliphatic carbocycles. The number of amides is 1. The first-order valence-electron chi connectivity index (χ1n) is 11.1. The number of hydrogen-bond acceptors (Lipinski definition) is 6. The quantitative estimate of drug-likeness (QED) is 0.432. The second-order valence-corrected chi connectivity index (χ2v) is 8.25. The van der Waals surface area contributed by atoms with Crippen molar-refractivity contribution in [3.8, 4) is 0 Å². The zero-order chi connectivity index (χ0) is 22.3. The first-order valence-corrected chi connectivity index (χ1v) is 11.1. The standard InChI is InChI=1S/C25H30N4O3/c26-23(12-19-6-3-5-17-4-1-2-7-22(17)19)25(31)29-24-14-27-11-10-18(24)8-9-21-13-28-20(15-30)16-32-21/h1-7,10-11,14,20-21,23,28,30H,8-9,12-13,15-16,26H2,(H,29,31)/t20-,21-,23+/m1/s1. The number of carbonyl (C=O) groups excluding carboxylic acids is 1. The van der Waals surface area contributed by atoms with Gasteiger partial charge < -0.3 is 26.2 Å². The van der Waals surface area contributed by atoms with Crippen molar-refractivity contribution in [3.05, 3.63) is 72.1 Å². The van der Waals surface area contributed by atoms with Crippen molar-refractivity contribution in [3.63, 3.8) is 0 Å². The minimum atomic E-state index is -0.671. The molecule has 1 fully saturated rings. The minimum Gasteiger partial charge on any atom is -0.395 e. The van der Waals surface area contributed by atoms with E-state index in [1.807, 2.05) is 30.3 Å². The molecule has 7 nitrogen and oxygen atoms in total. The van der Waals surface area contributed by atoms with Crippen LogP contribution in [0.5, 0.6) is 0 Å². The van der Waals surface area contributed by atoms with Gasteiger partial charge in [-0.2, -0.15) is 0 Å². The Morgan fingerprint density at radius 3 is 2.88 bits per heavy atom. The lowest BCUT2D eigenvalue weighted by molar-refractivity contribution is -0.117. The number of morpholine rings is 1. The monoisotopic (exact) mass is 434 g/mol. The van der Waals surface area contributed by atoms with Gasteiger partial charge in [0.15, 0.2) is 0 Å². The van der Waals surface area contributed by atoms with Crippen LogP contribution < -0.4 is 16.4 Å². The van der Waals surface area contributed by atoms with Crippen LogP contribution in [-0.2, 0) is 22.4 Å². The lowest BCUT2D eigenvalue weighted by Gasteiger charge is -2.29. The molecule has 1 aromatic heterocycles. The van der Waals surface area contributed by atoms with E-state index in [-0.39, 0.29) is 24.7 Å². The fraction of sp³-hybridized carbons (Fsp3) is 0.360. The van der Waals surface area contributed by atoms with Gasteiger partial charge in [0.2, 0.25) is 5.91 Å². The van der Waals surface area contributed by atoms with E-state index in [1.165, 1.54) is 0 Å². The van der Waals surface area contributed by atoms with Gasteiger partial charge in [0.1, 0.15) is 0 Å². The van der Waals surface area contributed by atoms with E-state index >= 15 is 0 Å². The molecule has 4 rings (SSSR count). The zero-order valence-corrected chi connectivity index (χ0v) is 18.0. The third-order valence-corrected chi connectivity index (χ3v) is 5.95. The molecule has 7 heteroatoms. The van der Waals surface area contributed by atoms with Crippen LogP contribution in [0.3, 0.4) is 0 Å². The molecule has 0 unspecified atom stereocenters. The van der Waals surface area contributed by atoms with Gasteiger partial charge in [-0.15, -0.1) is 0 Å². The van der Waals surface area contributed by atoms with E-state index in [2.05, 4.69) is 33.8 Å². The summed E-state index contributed by atoms with van der Waals surface area (Å²) in [5.74, 6) is -0.228. The van der Waals surface area contributed by atoms with Gasteiger partial charge in [0, 0.05) is 12.7 Å². The van der Waals surface area contributed by atoms with Gasteiger partial charge in [-0.1, -0.05) is 42.5 Å². The van der Waals surface area contributed by atoms with Crippen molar-refractivity contribution < 1.29 is 14.6 Å². The summed E-state index contributed by atoms with van der Waals surface area (Å²) >= 11 is 0. The number of anilines is 1. The van der Waals surface area contributed by atoms with Crippen LogP contribution in [0.25, 0.3) is 10.8 Å². The fourth-order valence-corrected chi connectivity index (χ4v) is 4.07. The Kier molecular flexibility index (Phi) is 7.44. The van der Waals surface area contributed by atoms with Gasteiger partial charge in [-0.05, 0) is 47.2 Å². The number of benzene rings is 2. The summed E-state index contributed by atoms with van der Waals surface area (Å²) < 4.78 is 5.82. The first kappa shape index (κ1) is 22.4. The number of nitrogens with zero attached hydrogens (tertiary/aromatic N) is 1. The van der Waals surface area contributed by atoms with Gasteiger partial charge in [-0.25, -0.2) is 0 Å². The predicted molar refractivity (Wildman–Crippen MR) is 125 cm³/mol. The number of aliphatic hydroxyl groups is 1. The number of rotatable bonds is 8. The van der Waals surface area contributed by atoms with Gasteiger partial charge in [0.25, 0.3) is 0 Å². The van der Waals surface area contributed by atoms with Crippen LogP contribution >= 0.6 is 0 Å². The largest absolute Gasteiger partial charge is 0.395 e. The summed E-state index contributed by atoms with van der Waals surface area (Å²) in [5, 5.41) is 17.7. The molecule has 1 saturated heterocycles. The third kappa shape index (κ3) is 5.49. The Morgan fingerprint density at radius 1 is 1.22 bits per heavy atom. The summed E-state index contributed by atoms with van der Waals surface area (Å²) in [6.45, 7) is 1.28. The number of aryl methyl sites for hydroxylation is 1. The van der Waals surface area contributed by atoms with E-state index in [0.29, 0.717) is 25.3 Å². The molecule has 0 bridgehead atoms. The molecule has 2 aromatic carbocycles. The van der Waals surface area contributed by atoms with E-state index in [4.69, 9.17) is 10.5 Å². The number of hydrogen-bond donors (Lipinski definition) is 4. The molecule has 0 spiro atoms. The highest BCUT2D eigenvalue weighted by Crippen LogP contribution is 2.21. The van der Waals surface area contributed by atoms with Crippen LogP contribution in [0.2, 0.25) is 0 Å². The molecule has 168 valence electrons. The lowest BCUT2D eigenvalue weighted by Crippen LogP contribution is -2.48. The van der Waals surface area contributed by atoms with Gasteiger partial charge in [0.05, 0.1) is 43.3 Å². The van der Waals surface area contributed by atoms with Crippen LogP contribution in [0.1, 0.15) is 17.5 Å². The SMILES string of the molecule is N[C@@H](Cc1cccc2ccccc12)C(=O)Nc1cnccc1CC[C@@H]1CN[C@H](CO)CO1. The highest BCUT2D eigenvalue weighted by Gasteiger charge is 2.21. The number of ether oxygens (including phenoxy) is 1. The average molecular weight is 435 g/mol. The van der Waals surface area contributed by atoms with Gasteiger partial charge in [-0.3, -0.25) is 9.78 Å². The summed E-state index contributed by atoms with van der Waals surface area (Å²) in [5.41, 5.74) is 9.01. The minimum absolute atomic E-state index is 0.00486. The summed E-state index contributed by atoms with van der Waals surface area (Å²) in [4.78, 5) is 17.0. The second kappa shape index (κ2) is 10.7. The molecule has 1 amide bonds. The second-order valence-electron chi connectivity index (χ2n) is 8.25. The highest BCUT2D eigenvalue weighted by molar-refractivity contribution is 5.96. The molecule has 5 N–H and O–H groups in total. The molecule has 1 aliphatic heterocycles. The van der Waals surface area contributed by atoms with Crippen molar-refractivity contribution in [2.24, 2.45) is 5.73 Å². The summed E-state index contributed by atoms with van der Waals surface area (Å²) in [7, 11) is 0. The van der Waals surface area contributed by atoms with E-state index in [9.17, 15) is 9.90 Å². The molecule has 2 heterocycles. The Bertz CT molecular complexity index is 1040. The first-order chi connectivity index (χ1) is 15.6. The number of nitrogens with two attached hydrogens (primary N) is 1. The highest BCUT2D eigenvalue weighted by atomic mass is 16.5. The maximum absolute atomic E-state index is 12.9. The predicted octanol–water partition coefficient (Wildman–Crippen LogP) is 2.03. The summed E-state index contributed by atoms with van der Waals surface area (Å²) in [6.07, 6.45) is 5.47. The van der Waals surface area contributed by atoms with E-state index in [0.717, 1.165) is 34.7 Å². The molecular formula is C25H30N4O3. The number of carbonyl (C=O) groups is 1. The topological polar surface area (TPSA) is 110 Å². The maximum atomic E-state index is 12.9. The zero-order valence-electron chi connectivity index (χ0n) is 18.0. The van der Waals surface area contributed by atoms with E-state index < -0.39 is 6.04 Å². The van der Waals surface area contributed by atoms with Crippen molar-refractivity contribution in [2.45, 2.75) is 37.5 Å². The summed E-state index contributed by atoms with van der Waals surface area (Å²) in [6, 6.07) is 15.4. The van der Waals surface area contributed by atoms with Crippen molar-refractivity contribution in [1.29, 1.82) is 0 Å². The van der Waals surface area contributed by atoms with Crippen LogP contribution in [0, 0.1) is 0 Å². The van der Waals surface area contributed by atoms with Crippen molar-refractivity contribution >= 4 is 22.4 Å². The Morgan fingerprint density at radius 2 is 2.06 bits per heavy atom. The molecular weight excluding hydrogens is 404 g/mol. The van der Waals surface area contributed by atoms with Crippen LogP contribution in [0.4, 0.5) is 5.69 Å². The number of aliphatic hydroxyl groups excluding tert-OH is 1. The van der Waals surface area contributed by atoms with Crippen LogP contribution in [0.15, 0.2) is 60.9 Å². The lowest BCUT2D eigenvalue weighted by atomic mass is 9.98. The van der Waals surface area contributed by atoms with Crippen LogP contribution in [-0.4, -0.2) is 53.9 Å². The molecule has 32 heavy (non-hydrogen) atoms. The number of nitrogens with one attached hydrogen (secondary N) is 2. The molecule has 3 atom stereocenters. The number of pyridine rings is 1. The third-order valence-electron chi connectivity index (χ3n) is 5.95. The number of aromatic nitrogens is 1. The Balaban J connectivity index is 1.37. The maximum Gasteiger partial charge on any atom is 0.241 e. The van der Waals surface area contributed by atoms with Gasteiger partial charge >= 0.3 is 0 Å². The van der Waals surface area contributed by atoms with Crippen molar-refractivity contribution in [2.75, 3.05) is 25.1 Å². The Hall–Kier alpha value is -2.84. The fourth-order valence-electron chi connectivity index (χ4n) is 4.07. The molecule has 3 aromatic rings. The Labute approximate surface area is 188 Å². The smallest absolute Gasteiger partial charge is 0.241 e. The average Bonchev–Trinajstić information content (AvgIpc) is 2.84. The van der Waals surface area contributed by atoms with Crippen molar-refractivity contribution in [1.82, 2.24) is 10.3 Å². The molecule has 0 radical (unpaired) electrons. The molecule has 0 saturated carbocycles. The normalized spacial score (nSPS) is 19.6.